The summed E-state index contributed by atoms with van der Waals surface area (Å²) in [5.74, 6) is 0.835. The van der Waals surface area contributed by atoms with E-state index in [9.17, 15) is 13.2 Å². The van der Waals surface area contributed by atoms with Crippen molar-refractivity contribution in [3.8, 4) is 11.4 Å². The first kappa shape index (κ1) is 21.8. The lowest BCUT2D eigenvalue weighted by Crippen LogP contribution is -2.26. The lowest BCUT2D eigenvalue weighted by atomic mass is 10.1. The number of hydrogen-bond acceptors (Lipinski definition) is 4. The van der Waals surface area contributed by atoms with Gasteiger partial charge in [0.25, 0.3) is 0 Å². The first-order chi connectivity index (χ1) is 14.4. The number of rotatable bonds is 9. The molecule has 0 saturated carbocycles. The van der Waals surface area contributed by atoms with Crippen LogP contribution >= 0.6 is 0 Å². The number of carbonyl (C=O) groups is 1. The number of hydrogen-bond donors (Lipinski definition) is 1. The molecule has 1 amide bonds. The van der Waals surface area contributed by atoms with Crippen molar-refractivity contribution in [3.63, 3.8) is 0 Å². The summed E-state index contributed by atoms with van der Waals surface area (Å²) < 4.78 is 26.4. The highest BCUT2D eigenvalue weighted by atomic mass is 32.2. The fraction of sp³-hybridized carbons (Fsp3) is 0.304. The lowest BCUT2D eigenvalue weighted by molar-refractivity contribution is -0.120. The largest absolute Gasteiger partial charge is 0.356 e. The minimum Gasteiger partial charge on any atom is -0.356 e. The monoisotopic (exact) mass is 425 g/mol. The molecule has 30 heavy (non-hydrogen) atoms. The Morgan fingerprint density at radius 3 is 2.43 bits per heavy atom. The number of benzene rings is 2. The van der Waals surface area contributed by atoms with Crippen LogP contribution in [0, 0.1) is 0 Å². The number of sulfone groups is 1. The number of aromatic nitrogens is 2. The van der Waals surface area contributed by atoms with Crippen LogP contribution in [0.3, 0.4) is 0 Å². The Balaban J connectivity index is 1.47. The Bertz CT molecular complexity index is 1070. The molecule has 2 aromatic carbocycles. The average Bonchev–Trinajstić information content (AvgIpc) is 3.21. The average molecular weight is 426 g/mol. The van der Waals surface area contributed by atoms with E-state index in [0.29, 0.717) is 6.54 Å². The number of carbonyl (C=O) groups excluding carboxylic acids is 1. The molecule has 1 heterocycles. The molecule has 3 aromatic rings. The molecular weight excluding hydrogens is 398 g/mol. The van der Waals surface area contributed by atoms with Crippen molar-refractivity contribution in [2.45, 2.75) is 43.4 Å². The summed E-state index contributed by atoms with van der Waals surface area (Å²) in [7, 11) is -3.29. The van der Waals surface area contributed by atoms with E-state index in [1.54, 1.807) is 44.3 Å². The number of imidazole rings is 1. The highest BCUT2D eigenvalue weighted by Crippen LogP contribution is 2.18. The molecule has 0 spiro atoms. The number of nitrogens with zero attached hydrogens (tertiary/aromatic N) is 2. The zero-order valence-corrected chi connectivity index (χ0v) is 18.1. The van der Waals surface area contributed by atoms with E-state index in [0.717, 1.165) is 29.9 Å². The van der Waals surface area contributed by atoms with E-state index >= 15 is 0 Å². The van der Waals surface area contributed by atoms with Gasteiger partial charge in [0.15, 0.2) is 9.84 Å². The Labute approximate surface area is 177 Å². The Morgan fingerprint density at radius 2 is 1.77 bits per heavy atom. The zero-order chi connectivity index (χ0) is 21.6. The molecule has 7 heteroatoms. The Hall–Kier alpha value is -2.93. The predicted octanol–water partition coefficient (Wildman–Crippen LogP) is 3.48. The van der Waals surface area contributed by atoms with Crippen molar-refractivity contribution in [2.24, 2.45) is 0 Å². The van der Waals surface area contributed by atoms with Crippen LogP contribution in [0.1, 0.15) is 25.8 Å². The van der Waals surface area contributed by atoms with Gasteiger partial charge in [0.1, 0.15) is 5.82 Å². The summed E-state index contributed by atoms with van der Waals surface area (Å²) in [5, 5.41) is 2.46. The van der Waals surface area contributed by atoms with Gasteiger partial charge in [-0.3, -0.25) is 4.79 Å². The van der Waals surface area contributed by atoms with E-state index < -0.39 is 15.1 Å². The smallest absolute Gasteiger partial charge is 0.224 e. The normalized spacial score (nSPS) is 11.6. The number of nitrogens with one attached hydrogen (secondary N) is 1. The summed E-state index contributed by atoms with van der Waals surface area (Å²) in [6, 6.07) is 16.5. The minimum absolute atomic E-state index is 0.0802. The fourth-order valence-corrected chi connectivity index (χ4v) is 4.19. The maximum absolute atomic E-state index is 12.2. The standard InChI is InChI=1S/C23H27N3O3S/c1-18(2)30(28,29)21-11-9-19(10-12-21)17-22(27)24-13-6-15-26-16-14-25-23(26)20-7-4-3-5-8-20/h3-5,7-12,14,16,18H,6,13,15,17H2,1-2H3,(H,24,27). The van der Waals surface area contributed by atoms with Gasteiger partial charge < -0.3 is 9.88 Å². The molecule has 3 rings (SSSR count). The topological polar surface area (TPSA) is 81.1 Å². The zero-order valence-electron chi connectivity index (χ0n) is 17.3. The second kappa shape index (κ2) is 9.71. The predicted molar refractivity (Wildman–Crippen MR) is 118 cm³/mol. The van der Waals surface area contributed by atoms with Crippen molar-refractivity contribution in [1.29, 1.82) is 0 Å². The molecule has 0 aliphatic heterocycles. The van der Waals surface area contributed by atoms with E-state index in [1.165, 1.54) is 0 Å². The molecule has 0 bridgehead atoms. The highest BCUT2D eigenvalue weighted by molar-refractivity contribution is 7.92. The SMILES string of the molecule is CC(C)S(=O)(=O)c1ccc(CC(=O)NCCCn2ccnc2-c2ccccc2)cc1. The third-order valence-corrected chi connectivity index (χ3v) is 7.05. The molecule has 0 aliphatic rings. The van der Waals surface area contributed by atoms with Crippen molar-refractivity contribution in [2.75, 3.05) is 6.54 Å². The van der Waals surface area contributed by atoms with E-state index in [2.05, 4.69) is 14.9 Å². The van der Waals surface area contributed by atoms with Gasteiger partial charge in [-0.1, -0.05) is 42.5 Å². The second-order valence-electron chi connectivity index (χ2n) is 7.43. The van der Waals surface area contributed by atoms with Gasteiger partial charge in [-0.25, -0.2) is 13.4 Å². The molecule has 6 nitrogen and oxygen atoms in total. The quantitative estimate of drug-likeness (QED) is 0.532. The maximum Gasteiger partial charge on any atom is 0.224 e. The summed E-state index contributed by atoms with van der Waals surface area (Å²) >= 11 is 0. The second-order valence-corrected chi connectivity index (χ2v) is 9.93. The first-order valence-electron chi connectivity index (χ1n) is 10.0. The van der Waals surface area contributed by atoms with Crippen molar-refractivity contribution < 1.29 is 13.2 Å². The lowest BCUT2D eigenvalue weighted by Gasteiger charge is -2.10. The van der Waals surface area contributed by atoms with Crippen LogP contribution in [0.15, 0.2) is 71.9 Å². The maximum atomic E-state index is 12.2. The molecule has 0 unspecified atom stereocenters. The van der Waals surface area contributed by atoms with Crippen LogP contribution in [-0.2, 0) is 27.6 Å². The van der Waals surface area contributed by atoms with E-state index in [-0.39, 0.29) is 17.2 Å². The van der Waals surface area contributed by atoms with E-state index in [4.69, 9.17) is 0 Å². The van der Waals surface area contributed by atoms with Gasteiger partial charge in [-0.05, 0) is 38.0 Å². The molecule has 0 fully saturated rings. The third kappa shape index (κ3) is 5.36. The van der Waals surface area contributed by atoms with E-state index in [1.807, 2.05) is 36.5 Å². The first-order valence-corrected chi connectivity index (χ1v) is 11.6. The molecular formula is C23H27N3O3S. The highest BCUT2D eigenvalue weighted by Gasteiger charge is 2.18. The number of amides is 1. The summed E-state index contributed by atoms with van der Waals surface area (Å²) in [6.07, 6.45) is 4.73. The van der Waals surface area contributed by atoms with Crippen molar-refractivity contribution in [1.82, 2.24) is 14.9 Å². The Kier molecular flexibility index (Phi) is 7.05. The molecule has 1 N–H and O–H groups in total. The van der Waals surface area contributed by atoms with Gasteiger partial charge in [0.2, 0.25) is 5.91 Å². The van der Waals surface area contributed by atoms with Crippen LogP contribution in [0.2, 0.25) is 0 Å². The van der Waals surface area contributed by atoms with Crippen LogP contribution in [0.4, 0.5) is 0 Å². The summed E-state index contributed by atoms with van der Waals surface area (Å²) in [5.41, 5.74) is 1.85. The van der Waals surface area contributed by atoms with Gasteiger partial charge >= 0.3 is 0 Å². The van der Waals surface area contributed by atoms with Crippen molar-refractivity contribution in [3.05, 3.63) is 72.6 Å². The molecule has 0 saturated heterocycles. The van der Waals surface area contributed by atoms with Gasteiger partial charge in [-0.2, -0.15) is 0 Å². The Morgan fingerprint density at radius 1 is 1.07 bits per heavy atom. The van der Waals surface area contributed by atoms with Crippen LogP contribution in [-0.4, -0.2) is 35.7 Å². The van der Waals surface area contributed by atoms with Gasteiger partial charge in [0, 0.05) is 31.0 Å². The van der Waals surface area contributed by atoms with Crippen LogP contribution < -0.4 is 5.32 Å². The van der Waals surface area contributed by atoms with Crippen LogP contribution in [0.25, 0.3) is 11.4 Å². The molecule has 0 atom stereocenters. The third-order valence-electron chi connectivity index (χ3n) is 4.88. The van der Waals surface area contributed by atoms with Gasteiger partial charge in [0.05, 0.1) is 16.6 Å². The van der Waals surface area contributed by atoms with Gasteiger partial charge in [-0.15, -0.1) is 0 Å². The number of aryl methyl sites for hydroxylation is 1. The minimum atomic E-state index is -3.29. The molecule has 1 aromatic heterocycles. The molecule has 0 aliphatic carbocycles. The summed E-state index contributed by atoms with van der Waals surface area (Å²) in [4.78, 5) is 16.9. The fourth-order valence-electron chi connectivity index (χ4n) is 3.13. The van der Waals surface area contributed by atoms with Crippen molar-refractivity contribution >= 4 is 15.7 Å². The summed E-state index contributed by atoms with van der Waals surface area (Å²) in [6.45, 7) is 4.63. The van der Waals surface area contributed by atoms with Crippen LogP contribution in [0.5, 0.6) is 0 Å². The molecule has 158 valence electrons. The molecule has 0 radical (unpaired) electrons.